The first-order chi connectivity index (χ1) is 20.3. The SMILES string of the molecule is COc1ccc(-c2cn(C(C)C)cc(C(=O)Nc3ccc(Oc4ccnc5cc(OC)c(OC)cc45)cn3)c2=O)cc1. The Bertz CT molecular complexity index is 1800. The average Bonchev–Trinajstić information content (AvgIpc) is 3.01. The summed E-state index contributed by atoms with van der Waals surface area (Å²) in [7, 11) is 4.70. The minimum Gasteiger partial charge on any atom is -0.497 e. The van der Waals surface area contributed by atoms with E-state index < -0.39 is 5.91 Å². The number of nitrogens with zero attached hydrogens (tertiary/aromatic N) is 3. The number of carbonyl (C=O) groups excluding carboxylic acids is 1. The molecule has 0 unspecified atom stereocenters. The van der Waals surface area contributed by atoms with Gasteiger partial charge in [0, 0.05) is 41.6 Å². The van der Waals surface area contributed by atoms with E-state index >= 15 is 0 Å². The number of carbonyl (C=O) groups is 1. The molecular formula is C32H30N4O6. The van der Waals surface area contributed by atoms with Gasteiger partial charge in [0.15, 0.2) is 11.5 Å². The fourth-order valence-electron chi connectivity index (χ4n) is 4.40. The van der Waals surface area contributed by atoms with Gasteiger partial charge in [-0.15, -0.1) is 0 Å². The van der Waals surface area contributed by atoms with Crippen molar-refractivity contribution >= 4 is 22.6 Å². The fourth-order valence-corrected chi connectivity index (χ4v) is 4.40. The van der Waals surface area contributed by atoms with Crippen LogP contribution in [0.1, 0.15) is 30.2 Å². The van der Waals surface area contributed by atoms with Gasteiger partial charge in [-0.25, -0.2) is 4.98 Å². The molecule has 0 aliphatic carbocycles. The van der Waals surface area contributed by atoms with E-state index in [1.54, 1.807) is 94.5 Å². The molecule has 5 aromatic rings. The van der Waals surface area contributed by atoms with Crippen LogP contribution in [0.25, 0.3) is 22.0 Å². The van der Waals surface area contributed by atoms with Crippen LogP contribution < -0.4 is 29.7 Å². The first-order valence-electron chi connectivity index (χ1n) is 13.2. The Hall–Kier alpha value is -5.38. The van der Waals surface area contributed by atoms with Crippen molar-refractivity contribution in [2.75, 3.05) is 26.6 Å². The number of aromatic nitrogens is 3. The van der Waals surface area contributed by atoms with E-state index in [1.807, 2.05) is 18.4 Å². The molecule has 0 saturated heterocycles. The Kier molecular flexibility index (Phi) is 8.05. The average molecular weight is 567 g/mol. The van der Waals surface area contributed by atoms with Crippen molar-refractivity contribution in [2.45, 2.75) is 19.9 Å². The maximum atomic E-state index is 13.4. The molecule has 3 heterocycles. The topological polar surface area (TPSA) is 114 Å². The highest BCUT2D eigenvalue weighted by Crippen LogP contribution is 2.36. The number of hydrogen-bond donors (Lipinski definition) is 1. The van der Waals surface area contributed by atoms with Crippen molar-refractivity contribution in [2.24, 2.45) is 0 Å². The van der Waals surface area contributed by atoms with Gasteiger partial charge >= 0.3 is 0 Å². The first-order valence-corrected chi connectivity index (χ1v) is 13.2. The fraction of sp³-hybridized carbons (Fsp3) is 0.188. The molecule has 10 nitrogen and oxygen atoms in total. The highest BCUT2D eigenvalue weighted by molar-refractivity contribution is 6.04. The smallest absolute Gasteiger partial charge is 0.262 e. The molecule has 3 aromatic heterocycles. The number of benzene rings is 2. The molecular weight excluding hydrogens is 536 g/mol. The zero-order valence-corrected chi connectivity index (χ0v) is 23.9. The van der Waals surface area contributed by atoms with Gasteiger partial charge in [-0.3, -0.25) is 14.6 Å². The summed E-state index contributed by atoms with van der Waals surface area (Å²) < 4.78 is 23.9. The van der Waals surface area contributed by atoms with Crippen LogP contribution >= 0.6 is 0 Å². The van der Waals surface area contributed by atoms with E-state index in [-0.39, 0.29) is 22.9 Å². The van der Waals surface area contributed by atoms with Crippen molar-refractivity contribution in [1.29, 1.82) is 0 Å². The van der Waals surface area contributed by atoms with Crippen molar-refractivity contribution in [3.05, 3.63) is 95.2 Å². The Morgan fingerprint density at radius 1 is 0.833 bits per heavy atom. The van der Waals surface area contributed by atoms with Gasteiger partial charge in [-0.1, -0.05) is 12.1 Å². The predicted octanol–water partition coefficient (Wildman–Crippen LogP) is 6.11. The molecule has 214 valence electrons. The second-order valence-corrected chi connectivity index (χ2v) is 9.65. The van der Waals surface area contributed by atoms with Gasteiger partial charge in [0.1, 0.15) is 28.6 Å². The lowest BCUT2D eigenvalue weighted by Crippen LogP contribution is -2.25. The van der Waals surface area contributed by atoms with Crippen LogP contribution in [-0.4, -0.2) is 41.8 Å². The van der Waals surface area contributed by atoms with Crippen LogP contribution in [-0.2, 0) is 0 Å². The maximum absolute atomic E-state index is 13.4. The molecule has 0 radical (unpaired) electrons. The van der Waals surface area contributed by atoms with Gasteiger partial charge in [0.05, 0.1) is 33.0 Å². The number of anilines is 1. The van der Waals surface area contributed by atoms with Gasteiger partial charge in [0.25, 0.3) is 5.91 Å². The van der Waals surface area contributed by atoms with E-state index in [1.165, 1.54) is 6.20 Å². The third-order valence-corrected chi connectivity index (χ3v) is 6.70. The third-order valence-electron chi connectivity index (χ3n) is 6.70. The molecule has 0 aliphatic heterocycles. The van der Waals surface area contributed by atoms with Crippen molar-refractivity contribution in [3.63, 3.8) is 0 Å². The molecule has 0 spiro atoms. The van der Waals surface area contributed by atoms with Crippen LogP contribution in [0, 0.1) is 0 Å². The Labute approximate surface area is 242 Å². The summed E-state index contributed by atoms with van der Waals surface area (Å²) in [6.45, 7) is 3.95. The summed E-state index contributed by atoms with van der Waals surface area (Å²) in [4.78, 5) is 35.4. The molecule has 0 aliphatic rings. The number of methoxy groups -OCH3 is 3. The normalized spacial score (nSPS) is 10.9. The lowest BCUT2D eigenvalue weighted by Gasteiger charge is -2.15. The summed E-state index contributed by atoms with van der Waals surface area (Å²) >= 11 is 0. The molecule has 2 aromatic carbocycles. The van der Waals surface area contributed by atoms with E-state index in [2.05, 4.69) is 15.3 Å². The van der Waals surface area contributed by atoms with Crippen molar-refractivity contribution in [1.82, 2.24) is 14.5 Å². The Balaban J connectivity index is 1.39. The minimum absolute atomic E-state index is 0.00627. The predicted molar refractivity (Wildman–Crippen MR) is 160 cm³/mol. The molecule has 1 amide bonds. The summed E-state index contributed by atoms with van der Waals surface area (Å²) in [5, 5.41) is 3.46. The van der Waals surface area contributed by atoms with Crippen molar-refractivity contribution in [3.8, 4) is 39.9 Å². The molecule has 0 saturated carbocycles. The first kappa shape index (κ1) is 28.2. The molecule has 0 fully saturated rings. The van der Waals surface area contributed by atoms with Crippen LogP contribution in [0.2, 0.25) is 0 Å². The van der Waals surface area contributed by atoms with Crippen LogP contribution in [0.3, 0.4) is 0 Å². The molecule has 10 heteroatoms. The van der Waals surface area contributed by atoms with Crippen molar-refractivity contribution < 1.29 is 23.7 Å². The molecule has 0 bridgehead atoms. The zero-order chi connectivity index (χ0) is 29.8. The Morgan fingerprint density at radius 2 is 1.55 bits per heavy atom. The summed E-state index contributed by atoms with van der Waals surface area (Å²) in [6, 6.07) is 15.7. The van der Waals surface area contributed by atoms with E-state index in [0.717, 1.165) is 5.39 Å². The minimum atomic E-state index is -0.563. The number of rotatable bonds is 9. The third kappa shape index (κ3) is 5.73. The zero-order valence-electron chi connectivity index (χ0n) is 23.9. The van der Waals surface area contributed by atoms with Crippen LogP contribution in [0.15, 0.2) is 84.2 Å². The Morgan fingerprint density at radius 3 is 2.19 bits per heavy atom. The monoisotopic (exact) mass is 566 g/mol. The number of hydrogen-bond acceptors (Lipinski definition) is 8. The lowest BCUT2D eigenvalue weighted by atomic mass is 10.0. The van der Waals surface area contributed by atoms with E-state index in [4.69, 9.17) is 18.9 Å². The van der Waals surface area contributed by atoms with E-state index in [0.29, 0.717) is 45.4 Å². The quantitative estimate of drug-likeness (QED) is 0.227. The lowest BCUT2D eigenvalue weighted by molar-refractivity contribution is 0.102. The molecule has 42 heavy (non-hydrogen) atoms. The standard InChI is InChI=1S/C32H30N4O6/c1-19(2)36-17-24(20-6-8-21(39-3)9-7-20)31(37)25(18-36)32(38)35-30-11-10-22(16-34-30)42-27-12-13-33-26-15-29(41-5)28(40-4)14-23(26)27/h6-19H,1-5H3,(H,34,35,38). The number of nitrogens with one attached hydrogen (secondary N) is 1. The number of fused-ring (bicyclic) bond motifs is 1. The maximum Gasteiger partial charge on any atom is 0.262 e. The highest BCUT2D eigenvalue weighted by atomic mass is 16.5. The van der Waals surface area contributed by atoms with Gasteiger partial charge in [-0.2, -0.15) is 0 Å². The molecule has 5 rings (SSSR count). The number of pyridine rings is 3. The van der Waals surface area contributed by atoms with Crippen LogP contribution in [0.5, 0.6) is 28.7 Å². The number of amides is 1. The summed E-state index contributed by atoms with van der Waals surface area (Å²) in [6.07, 6.45) is 6.44. The summed E-state index contributed by atoms with van der Waals surface area (Å²) in [5.41, 5.74) is 1.39. The largest absolute Gasteiger partial charge is 0.497 e. The van der Waals surface area contributed by atoms with Gasteiger partial charge in [0.2, 0.25) is 5.43 Å². The highest BCUT2D eigenvalue weighted by Gasteiger charge is 2.18. The molecule has 0 atom stereocenters. The summed E-state index contributed by atoms with van der Waals surface area (Å²) in [5.74, 6) is 2.48. The van der Waals surface area contributed by atoms with Gasteiger partial charge in [-0.05, 0) is 55.8 Å². The second-order valence-electron chi connectivity index (χ2n) is 9.65. The van der Waals surface area contributed by atoms with Crippen LogP contribution in [0.4, 0.5) is 5.82 Å². The van der Waals surface area contributed by atoms with E-state index in [9.17, 15) is 9.59 Å². The molecule has 1 N–H and O–H groups in total. The second kappa shape index (κ2) is 12.0. The van der Waals surface area contributed by atoms with Gasteiger partial charge < -0.3 is 28.8 Å². The number of ether oxygens (including phenoxy) is 4.